The summed E-state index contributed by atoms with van der Waals surface area (Å²) < 4.78 is 30.6. The molecule has 0 unspecified atom stereocenters. The van der Waals surface area contributed by atoms with Gasteiger partial charge in [0, 0.05) is 139 Å². The van der Waals surface area contributed by atoms with Crippen molar-refractivity contribution in [3.63, 3.8) is 0 Å². The molecule has 0 N–H and O–H groups in total. The van der Waals surface area contributed by atoms with Crippen molar-refractivity contribution in [2.24, 2.45) is 0 Å². The zero-order valence-corrected chi connectivity index (χ0v) is 33.4. The van der Waals surface area contributed by atoms with Gasteiger partial charge in [-0.3, -0.25) is 9.80 Å². The minimum Gasteiger partial charge on any atom is -0.497 e. The van der Waals surface area contributed by atoms with Crippen LogP contribution >= 0.6 is 23.1 Å². The summed E-state index contributed by atoms with van der Waals surface area (Å²) in [4.78, 5) is 23.7. The van der Waals surface area contributed by atoms with Crippen molar-refractivity contribution in [1.29, 1.82) is 0 Å². The zero-order chi connectivity index (χ0) is 37.0. The monoisotopic (exact) mass is 777 g/mol. The number of anilines is 2. The number of rotatable bonds is 12. The van der Waals surface area contributed by atoms with Gasteiger partial charge in [0.25, 0.3) is 0 Å². The summed E-state index contributed by atoms with van der Waals surface area (Å²) in [5.41, 5.74) is 2.64. The minimum absolute atomic E-state index is 0.474. The summed E-state index contributed by atoms with van der Waals surface area (Å²) >= 11 is 3.11. The number of benzene rings is 1. The van der Waals surface area contributed by atoms with E-state index < -0.39 is 0 Å². The van der Waals surface area contributed by atoms with E-state index in [1.54, 1.807) is 37.3 Å². The maximum absolute atomic E-state index is 5.45. The molecule has 0 radical (unpaired) electrons. The summed E-state index contributed by atoms with van der Waals surface area (Å²) in [5, 5.41) is 2.17. The van der Waals surface area contributed by atoms with Crippen molar-refractivity contribution >= 4 is 33.3 Å². The maximum atomic E-state index is 5.45. The molecule has 13 nitrogen and oxygen atoms in total. The molecule has 54 heavy (non-hydrogen) atoms. The van der Waals surface area contributed by atoms with E-state index in [-0.39, 0.29) is 0 Å². The van der Waals surface area contributed by atoms with Crippen molar-refractivity contribution in [2.45, 2.75) is 50.4 Å². The van der Waals surface area contributed by atoms with Crippen LogP contribution in [0, 0.1) is 0 Å². The van der Waals surface area contributed by atoms with Gasteiger partial charge in [0.15, 0.2) is 0 Å². The van der Waals surface area contributed by atoms with Gasteiger partial charge in [0.2, 0.25) is 16.1 Å². The first-order chi connectivity index (χ1) is 26.6. The fraction of sp³-hybridized carbons (Fsp3) is 0.615. The van der Waals surface area contributed by atoms with E-state index in [1.165, 1.54) is 11.1 Å². The number of aromatic nitrogens is 5. The lowest BCUT2D eigenvalue weighted by Crippen LogP contribution is -2.47. The Morgan fingerprint density at radius 2 is 1.13 bits per heavy atom. The van der Waals surface area contributed by atoms with Gasteiger partial charge < -0.3 is 28.7 Å². The van der Waals surface area contributed by atoms with Gasteiger partial charge in [-0.15, -0.1) is 0 Å². The molecule has 4 aromatic rings. The SMILES string of the molecule is COc1cc(CCN2CCN(c3nc(C4CCOCC4)ns3)CC2)ccn1.COc1ccc(CCN2CCN(c3nc(C4CCOCC4)ns3)CC2)cc1. The van der Waals surface area contributed by atoms with Crippen LogP contribution in [-0.4, -0.2) is 140 Å². The molecule has 0 aliphatic carbocycles. The van der Waals surface area contributed by atoms with Crippen LogP contribution in [0.4, 0.5) is 10.3 Å². The first-order valence-corrected chi connectivity index (χ1v) is 21.1. The van der Waals surface area contributed by atoms with Crippen LogP contribution in [0.3, 0.4) is 0 Å². The Labute approximate surface area is 327 Å². The molecule has 8 rings (SSSR count). The molecule has 0 atom stereocenters. The van der Waals surface area contributed by atoms with Crippen LogP contribution in [0.2, 0.25) is 0 Å². The minimum atomic E-state index is 0.474. The molecule has 292 valence electrons. The molecule has 0 saturated carbocycles. The van der Waals surface area contributed by atoms with Crippen molar-refractivity contribution in [2.75, 3.05) is 116 Å². The van der Waals surface area contributed by atoms with Crippen LogP contribution in [0.5, 0.6) is 11.6 Å². The molecule has 4 aliphatic rings. The van der Waals surface area contributed by atoms with Gasteiger partial charge in [-0.2, -0.15) is 8.75 Å². The second-order valence-electron chi connectivity index (χ2n) is 14.4. The van der Waals surface area contributed by atoms with Crippen LogP contribution < -0.4 is 19.3 Å². The number of piperazine rings is 2. The predicted molar refractivity (Wildman–Crippen MR) is 214 cm³/mol. The van der Waals surface area contributed by atoms with Gasteiger partial charge >= 0.3 is 0 Å². The molecule has 15 heteroatoms. The number of nitrogens with zero attached hydrogens (tertiary/aromatic N) is 9. The third-order valence-corrected chi connectivity index (χ3v) is 12.5. The Morgan fingerprint density at radius 3 is 1.61 bits per heavy atom. The molecular weight excluding hydrogens is 723 g/mol. The van der Waals surface area contributed by atoms with E-state index in [4.69, 9.17) is 28.9 Å². The van der Waals surface area contributed by atoms with E-state index in [1.807, 2.05) is 24.4 Å². The third-order valence-electron chi connectivity index (χ3n) is 10.9. The fourth-order valence-electron chi connectivity index (χ4n) is 7.36. The number of ether oxygens (including phenoxy) is 4. The highest BCUT2D eigenvalue weighted by Gasteiger charge is 2.26. The lowest BCUT2D eigenvalue weighted by molar-refractivity contribution is 0.0837. The number of hydrogen-bond acceptors (Lipinski definition) is 15. The largest absolute Gasteiger partial charge is 0.497 e. The van der Waals surface area contributed by atoms with Crippen molar-refractivity contribution in [1.82, 2.24) is 33.5 Å². The predicted octanol–water partition coefficient (Wildman–Crippen LogP) is 5.01. The second kappa shape index (κ2) is 19.9. The highest BCUT2D eigenvalue weighted by Crippen LogP contribution is 2.30. The molecule has 4 aliphatic heterocycles. The zero-order valence-electron chi connectivity index (χ0n) is 31.8. The normalized spacial score (nSPS) is 19.4. The Kier molecular flexibility index (Phi) is 14.3. The molecule has 4 fully saturated rings. The lowest BCUT2D eigenvalue weighted by atomic mass is 10.00. The highest BCUT2D eigenvalue weighted by atomic mass is 32.1. The molecule has 0 spiro atoms. The average Bonchev–Trinajstić information content (AvgIpc) is 3.96. The van der Waals surface area contributed by atoms with E-state index in [2.05, 4.69) is 51.5 Å². The molecule has 0 bridgehead atoms. The average molecular weight is 778 g/mol. The number of pyridine rings is 1. The van der Waals surface area contributed by atoms with E-state index in [0.717, 1.165) is 158 Å². The quantitative estimate of drug-likeness (QED) is 0.192. The molecule has 0 amide bonds. The summed E-state index contributed by atoms with van der Waals surface area (Å²) in [7, 11) is 3.37. The second-order valence-corrected chi connectivity index (χ2v) is 15.8. The molecule has 4 saturated heterocycles. The number of hydrogen-bond donors (Lipinski definition) is 0. The van der Waals surface area contributed by atoms with Gasteiger partial charge in [-0.1, -0.05) is 12.1 Å². The molecule has 7 heterocycles. The maximum Gasteiger partial charge on any atom is 0.213 e. The molecular formula is C39H55N9O4S2. The topological polar surface area (TPSA) is 114 Å². The van der Waals surface area contributed by atoms with E-state index in [9.17, 15) is 0 Å². The molecule has 1 aromatic carbocycles. The lowest BCUT2D eigenvalue weighted by Gasteiger charge is -2.34. The van der Waals surface area contributed by atoms with Gasteiger partial charge in [0.05, 0.1) is 14.2 Å². The first-order valence-electron chi connectivity index (χ1n) is 19.5. The number of methoxy groups -OCH3 is 2. The van der Waals surface area contributed by atoms with Crippen LogP contribution in [-0.2, 0) is 22.3 Å². The smallest absolute Gasteiger partial charge is 0.213 e. The Bertz CT molecular complexity index is 1680. The summed E-state index contributed by atoms with van der Waals surface area (Å²) in [6, 6.07) is 12.5. The Morgan fingerprint density at radius 1 is 0.630 bits per heavy atom. The fourth-order valence-corrected chi connectivity index (χ4v) is 8.96. The van der Waals surface area contributed by atoms with Crippen LogP contribution in [0.25, 0.3) is 0 Å². The van der Waals surface area contributed by atoms with Crippen molar-refractivity contribution in [3.8, 4) is 11.6 Å². The van der Waals surface area contributed by atoms with E-state index in [0.29, 0.717) is 17.7 Å². The molecule has 3 aromatic heterocycles. The Hall–Kier alpha value is -3.47. The standard InChI is InChI=1S/C20H28N4O2S.C19H27N5O2S/c1-25-18-4-2-16(3-5-18)6-9-23-10-12-24(13-11-23)20-21-19(22-27-20)17-7-14-26-15-8-17;1-25-17-14-15(2-6-20-17)3-7-23-8-10-24(11-9-23)19-21-18(22-27-19)16-4-12-26-13-5-16/h2-5,17H,6-15H2,1H3;2,6,14,16H,3-5,7-13H2,1H3. The van der Waals surface area contributed by atoms with Crippen LogP contribution in [0.15, 0.2) is 42.6 Å². The summed E-state index contributed by atoms with van der Waals surface area (Å²) in [6.45, 7) is 13.9. The summed E-state index contributed by atoms with van der Waals surface area (Å²) in [5.74, 6) is 4.61. The summed E-state index contributed by atoms with van der Waals surface area (Å²) in [6.07, 6.45) is 8.11. The van der Waals surface area contributed by atoms with Crippen molar-refractivity contribution < 1.29 is 18.9 Å². The highest BCUT2D eigenvalue weighted by molar-refractivity contribution is 7.10. The van der Waals surface area contributed by atoms with Gasteiger partial charge in [0.1, 0.15) is 17.4 Å². The third kappa shape index (κ3) is 10.8. The first kappa shape index (κ1) is 38.8. The van der Waals surface area contributed by atoms with E-state index >= 15 is 0 Å². The van der Waals surface area contributed by atoms with Crippen LogP contribution in [0.1, 0.15) is 60.3 Å². The van der Waals surface area contributed by atoms with Gasteiger partial charge in [-0.05, 0) is 67.9 Å². The Balaban J connectivity index is 0.000000167. The van der Waals surface area contributed by atoms with Crippen molar-refractivity contribution in [3.05, 3.63) is 65.4 Å². The van der Waals surface area contributed by atoms with Gasteiger partial charge in [-0.25, -0.2) is 15.0 Å².